The molecule has 12 heteroatoms. The molecule has 188 valence electrons. The molecule has 2 amide bonds. The average Bonchev–Trinajstić information content (AvgIpc) is 3.65. The highest BCUT2D eigenvalue weighted by molar-refractivity contribution is 7.09. The molecule has 0 aliphatic carbocycles. The third-order valence-electron chi connectivity index (χ3n) is 6.67. The van der Waals surface area contributed by atoms with Gasteiger partial charge in [0, 0.05) is 30.5 Å². The minimum atomic E-state index is -0.228. The van der Waals surface area contributed by atoms with Crippen LogP contribution in [-0.4, -0.2) is 64.6 Å². The van der Waals surface area contributed by atoms with E-state index in [1.807, 2.05) is 49.1 Å². The fraction of sp³-hybridized carbons (Fsp3) is 0.320. The van der Waals surface area contributed by atoms with Gasteiger partial charge in [-0.2, -0.15) is 5.10 Å². The molecule has 11 nitrogen and oxygen atoms in total. The quantitative estimate of drug-likeness (QED) is 0.367. The molecule has 0 atom stereocenters. The van der Waals surface area contributed by atoms with Gasteiger partial charge in [-0.1, -0.05) is 12.1 Å². The van der Waals surface area contributed by atoms with Gasteiger partial charge < -0.3 is 15.2 Å². The highest BCUT2D eigenvalue weighted by Crippen LogP contribution is 2.31. The molecule has 5 aromatic rings. The minimum Gasteiger partial charge on any atom is -0.343 e. The number of hydrogen-bond acceptors (Lipinski definition) is 8. The van der Waals surface area contributed by atoms with E-state index in [2.05, 4.69) is 35.6 Å². The van der Waals surface area contributed by atoms with Crippen LogP contribution in [-0.2, 0) is 6.54 Å². The normalized spacial score (nSPS) is 14.5. The number of aromatic amines is 1. The van der Waals surface area contributed by atoms with E-state index < -0.39 is 0 Å². The summed E-state index contributed by atoms with van der Waals surface area (Å²) in [4.78, 5) is 39.9. The van der Waals surface area contributed by atoms with Crippen molar-refractivity contribution in [3.8, 4) is 0 Å². The third-order valence-corrected chi connectivity index (χ3v) is 7.68. The highest BCUT2D eigenvalue weighted by atomic mass is 32.1. The molecule has 6 rings (SSSR count). The molecule has 0 bridgehead atoms. The average molecular weight is 516 g/mol. The lowest BCUT2D eigenvalue weighted by atomic mass is 9.97. The van der Waals surface area contributed by atoms with Gasteiger partial charge in [0.1, 0.15) is 11.5 Å². The van der Waals surface area contributed by atoms with Gasteiger partial charge >= 0.3 is 0 Å². The Morgan fingerprint density at radius 1 is 1.14 bits per heavy atom. The van der Waals surface area contributed by atoms with Crippen molar-refractivity contribution < 1.29 is 9.59 Å². The second-order valence-corrected chi connectivity index (χ2v) is 10.1. The number of aryl methyl sites for hydroxylation is 2. The van der Waals surface area contributed by atoms with Gasteiger partial charge in [0.25, 0.3) is 11.8 Å². The lowest BCUT2D eigenvalue weighted by Gasteiger charge is -2.31. The summed E-state index contributed by atoms with van der Waals surface area (Å²) in [6, 6.07) is 9.58. The summed E-state index contributed by atoms with van der Waals surface area (Å²) in [7, 11) is 0. The van der Waals surface area contributed by atoms with Crippen LogP contribution >= 0.6 is 11.3 Å². The molecule has 0 radical (unpaired) electrons. The summed E-state index contributed by atoms with van der Waals surface area (Å²) < 4.78 is 1.67. The topological polar surface area (TPSA) is 134 Å². The van der Waals surface area contributed by atoms with Crippen molar-refractivity contribution in [3.05, 3.63) is 69.3 Å². The summed E-state index contributed by atoms with van der Waals surface area (Å²) in [5, 5.41) is 18.4. The van der Waals surface area contributed by atoms with E-state index in [9.17, 15) is 9.59 Å². The van der Waals surface area contributed by atoms with Gasteiger partial charge in [-0.25, -0.2) is 14.5 Å². The number of H-pyrrole nitrogens is 1. The number of likely N-dealkylation sites (tertiary alicyclic amines) is 1. The van der Waals surface area contributed by atoms with Gasteiger partial charge in [0.05, 0.1) is 34.0 Å². The van der Waals surface area contributed by atoms with Gasteiger partial charge in [-0.15, -0.1) is 21.5 Å². The Labute approximate surface area is 216 Å². The zero-order valence-corrected chi connectivity index (χ0v) is 21.2. The maximum atomic E-state index is 13.2. The van der Waals surface area contributed by atoms with Crippen LogP contribution in [0.1, 0.15) is 62.0 Å². The number of benzene rings is 1. The van der Waals surface area contributed by atoms with E-state index >= 15 is 0 Å². The number of amides is 2. The number of piperidine rings is 1. The molecule has 1 aliphatic heterocycles. The van der Waals surface area contributed by atoms with Crippen LogP contribution < -0.4 is 5.32 Å². The Bertz CT molecular complexity index is 1590. The maximum Gasteiger partial charge on any atom is 0.276 e. The summed E-state index contributed by atoms with van der Waals surface area (Å²) in [6.07, 6.45) is 1.55. The molecule has 37 heavy (non-hydrogen) atoms. The zero-order valence-electron chi connectivity index (χ0n) is 20.4. The summed E-state index contributed by atoms with van der Waals surface area (Å²) >= 11 is 1.49. The minimum absolute atomic E-state index is 0.136. The molecule has 4 aromatic heterocycles. The number of nitrogens with zero attached hydrogens (tertiary/aromatic N) is 7. The van der Waals surface area contributed by atoms with Crippen LogP contribution in [0.25, 0.3) is 16.7 Å². The lowest BCUT2D eigenvalue weighted by molar-refractivity contribution is 0.0704. The molecular formula is C25H25N9O2S. The maximum absolute atomic E-state index is 13.2. The molecule has 1 fully saturated rings. The Morgan fingerprint density at radius 2 is 1.95 bits per heavy atom. The first-order valence-electron chi connectivity index (χ1n) is 12.1. The number of hydrogen-bond donors (Lipinski definition) is 2. The Kier molecular flexibility index (Phi) is 5.87. The highest BCUT2D eigenvalue weighted by Gasteiger charge is 2.29. The number of carbonyl (C=O) groups excluding carboxylic acids is 2. The molecule has 2 N–H and O–H groups in total. The van der Waals surface area contributed by atoms with Gasteiger partial charge in [-0.3, -0.25) is 9.59 Å². The summed E-state index contributed by atoms with van der Waals surface area (Å²) in [5.41, 5.74) is 4.68. The van der Waals surface area contributed by atoms with Crippen molar-refractivity contribution in [1.82, 2.24) is 45.0 Å². The van der Waals surface area contributed by atoms with Crippen molar-refractivity contribution >= 4 is 39.8 Å². The van der Waals surface area contributed by atoms with Crippen molar-refractivity contribution in [2.75, 3.05) is 13.1 Å². The molecule has 0 spiro atoms. The molecule has 0 saturated carbocycles. The van der Waals surface area contributed by atoms with Crippen LogP contribution in [0.15, 0.2) is 35.7 Å². The van der Waals surface area contributed by atoms with Crippen LogP contribution in [0.2, 0.25) is 0 Å². The first kappa shape index (κ1) is 23.2. The molecule has 0 unspecified atom stereocenters. The SMILES string of the molecule is Cc1cc2nnc(C(=O)N3CCC(c4nc(C(=O)NCc5nc6ccccc6[nH]5)cs4)CC3)c(C)n2n1. The van der Waals surface area contributed by atoms with Crippen molar-refractivity contribution in [2.24, 2.45) is 0 Å². The van der Waals surface area contributed by atoms with Crippen molar-refractivity contribution in [2.45, 2.75) is 39.2 Å². The van der Waals surface area contributed by atoms with Gasteiger partial charge in [0.2, 0.25) is 0 Å². The molecule has 5 heterocycles. The number of para-hydroxylation sites is 2. The number of carbonyl (C=O) groups is 2. The number of fused-ring (bicyclic) bond motifs is 2. The number of thiazole rings is 1. The zero-order chi connectivity index (χ0) is 25.5. The van der Waals surface area contributed by atoms with E-state index in [1.54, 1.807) is 9.90 Å². The predicted octanol–water partition coefficient (Wildman–Crippen LogP) is 3.02. The monoisotopic (exact) mass is 515 g/mol. The fourth-order valence-corrected chi connectivity index (χ4v) is 5.65. The first-order valence-corrected chi connectivity index (χ1v) is 13.0. The molecule has 1 aromatic carbocycles. The smallest absolute Gasteiger partial charge is 0.276 e. The summed E-state index contributed by atoms with van der Waals surface area (Å²) in [6.45, 7) is 5.20. The van der Waals surface area contributed by atoms with Crippen LogP contribution in [0.3, 0.4) is 0 Å². The second-order valence-electron chi connectivity index (χ2n) is 9.21. The van der Waals surface area contributed by atoms with Crippen molar-refractivity contribution in [1.29, 1.82) is 0 Å². The van der Waals surface area contributed by atoms with E-state index in [-0.39, 0.29) is 17.7 Å². The van der Waals surface area contributed by atoms with E-state index in [4.69, 9.17) is 0 Å². The Hall–Kier alpha value is -4.19. The fourth-order valence-electron chi connectivity index (χ4n) is 4.68. The summed E-state index contributed by atoms with van der Waals surface area (Å²) in [5.74, 6) is 0.537. The van der Waals surface area contributed by atoms with Gasteiger partial charge in [0.15, 0.2) is 11.3 Å². The van der Waals surface area contributed by atoms with E-state index in [1.165, 1.54) is 11.3 Å². The Balaban J connectivity index is 1.06. The number of rotatable bonds is 5. The molecule has 1 aliphatic rings. The van der Waals surface area contributed by atoms with Crippen molar-refractivity contribution in [3.63, 3.8) is 0 Å². The first-order chi connectivity index (χ1) is 18.0. The molecule has 1 saturated heterocycles. The predicted molar refractivity (Wildman–Crippen MR) is 138 cm³/mol. The van der Waals surface area contributed by atoms with Crippen LogP contribution in [0.5, 0.6) is 0 Å². The number of aromatic nitrogens is 7. The van der Waals surface area contributed by atoms with Crippen LogP contribution in [0, 0.1) is 13.8 Å². The lowest BCUT2D eigenvalue weighted by Crippen LogP contribution is -2.39. The molecular weight excluding hydrogens is 490 g/mol. The number of imidazole rings is 1. The van der Waals surface area contributed by atoms with E-state index in [0.29, 0.717) is 48.2 Å². The standard InChI is InChI=1S/C25H25N9O2S/c1-14-11-21-30-31-22(15(2)34(21)32-14)25(36)33-9-7-16(8-10-33)24-29-19(13-37-24)23(35)26-12-20-27-17-5-3-4-6-18(17)28-20/h3-6,11,13,16H,7-10,12H2,1-2H3,(H,26,35)(H,27,28). The Morgan fingerprint density at radius 3 is 2.76 bits per heavy atom. The largest absolute Gasteiger partial charge is 0.343 e. The number of nitrogens with one attached hydrogen (secondary N) is 2. The third kappa shape index (κ3) is 4.44. The van der Waals surface area contributed by atoms with E-state index in [0.717, 1.165) is 34.6 Å². The van der Waals surface area contributed by atoms with Gasteiger partial charge in [-0.05, 0) is 38.8 Å². The second kappa shape index (κ2) is 9.36. The van der Waals surface area contributed by atoms with Crippen LogP contribution in [0.4, 0.5) is 0 Å².